The minimum absolute atomic E-state index is 0. The van der Waals surface area contributed by atoms with Crippen molar-refractivity contribution < 1.29 is 9.90 Å². The standard InChI is InChI=1S/C30H37N5O2.H3N/c1-19-10-11-23(26(17-28(36)37)25-12-13-27-29(21(25)3)32-33-34(27)4)16-24(19)18-35-15-14-31-30(35)20(2)22-8-6-5-7-9-22;/h10-16,20,22,26H,5-9,17-18H2,1-4H3,(H,36,37);1H3. The fraction of sp³-hybridized carbons (Fsp3) is 0.467. The number of nitrogens with zero attached hydrogens (tertiary/aromatic N) is 5. The normalized spacial score (nSPS) is 15.8. The van der Waals surface area contributed by atoms with Crippen LogP contribution in [-0.2, 0) is 18.4 Å². The van der Waals surface area contributed by atoms with E-state index < -0.39 is 5.97 Å². The third kappa shape index (κ3) is 5.36. The molecule has 0 amide bonds. The fourth-order valence-electron chi connectivity index (χ4n) is 6.17. The average molecular weight is 517 g/mol. The maximum Gasteiger partial charge on any atom is 0.304 e. The summed E-state index contributed by atoms with van der Waals surface area (Å²) in [6.45, 7) is 7.20. The summed E-state index contributed by atoms with van der Waals surface area (Å²) in [5.41, 5.74) is 7.14. The lowest BCUT2D eigenvalue weighted by Crippen LogP contribution is -2.18. The molecular formula is C30H40N6O2. The number of imidazole rings is 1. The Labute approximate surface area is 224 Å². The second kappa shape index (κ2) is 11.5. The predicted octanol–water partition coefficient (Wildman–Crippen LogP) is 6.28. The molecule has 8 heteroatoms. The van der Waals surface area contributed by atoms with Crippen LogP contribution in [0.3, 0.4) is 0 Å². The molecule has 8 nitrogen and oxygen atoms in total. The summed E-state index contributed by atoms with van der Waals surface area (Å²) < 4.78 is 4.04. The Morgan fingerprint density at radius 2 is 1.89 bits per heavy atom. The third-order valence-electron chi connectivity index (χ3n) is 8.46. The van der Waals surface area contributed by atoms with Crippen molar-refractivity contribution in [2.75, 3.05) is 0 Å². The van der Waals surface area contributed by atoms with E-state index in [-0.39, 0.29) is 18.5 Å². The summed E-state index contributed by atoms with van der Waals surface area (Å²) in [5, 5.41) is 18.3. The number of carbonyl (C=O) groups is 1. The molecule has 202 valence electrons. The SMILES string of the molecule is Cc1ccc(C(CC(=O)O)c2ccc3c(nnn3C)c2C)cc1Cn1ccnc1C(C)C1CCCCC1.N. The highest BCUT2D eigenvalue weighted by atomic mass is 16.4. The molecule has 2 aromatic carbocycles. The number of hydrogen-bond donors (Lipinski definition) is 2. The molecule has 0 bridgehead atoms. The lowest BCUT2D eigenvalue weighted by atomic mass is 9.80. The molecule has 2 unspecified atom stereocenters. The lowest BCUT2D eigenvalue weighted by Gasteiger charge is -2.28. The van der Waals surface area contributed by atoms with Crippen molar-refractivity contribution in [3.63, 3.8) is 0 Å². The number of aliphatic carboxylic acids is 1. The number of benzene rings is 2. The van der Waals surface area contributed by atoms with Crippen molar-refractivity contribution in [1.29, 1.82) is 0 Å². The summed E-state index contributed by atoms with van der Waals surface area (Å²) >= 11 is 0. The van der Waals surface area contributed by atoms with E-state index in [0.29, 0.717) is 11.8 Å². The Hall–Kier alpha value is -3.52. The van der Waals surface area contributed by atoms with Gasteiger partial charge in [0, 0.05) is 37.8 Å². The van der Waals surface area contributed by atoms with Crippen LogP contribution in [-0.4, -0.2) is 35.6 Å². The van der Waals surface area contributed by atoms with Crippen LogP contribution in [0.1, 0.15) is 90.9 Å². The highest BCUT2D eigenvalue weighted by molar-refractivity contribution is 5.80. The van der Waals surface area contributed by atoms with Crippen molar-refractivity contribution in [2.24, 2.45) is 13.0 Å². The second-order valence-electron chi connectivity index (χ2n) is 10.8. The van der Waals surface area contributed by atoms with Crippen molar-refractivity contribution in [2.45, 2.75) is 77.7 Å². The fourth-order valence-corrected chi connectivity index (χ4v) is 6.17. The maximum atomic E-state index is 12.0. The van der Waals surface area contributed by atoms with E-state index in [1.165, 1.54) is 43.2 Å². The van der Waals surface area contributed by atoms with Gasteiger partial charge in [-0.2, -0.15) is 0 Å². The number of fused-ring (bicyclic) bond motifs is 1. The minimum Gasteiger partial charge on any atom is -0.481 e. The molecule has 38 heavy (non-hydrogen) atoms. The zero-order valence-corrected chi connectivity index (χ0v) is 23.0. The van der Waals surface area contributed by atoms with E-state index in [1.807, 2.05) is 32.3 Å². The summed E-state index contributed by atoms with van der Waals surface area (Å²) in [7, 11) is 1.87. The summed E-state index contributed by atoms with van der Waals surface area (Å²) in [6.07, 6.45) is 10.6. The van der Waals surface area contributed by atoms with Gasteiger partial charge in [0.1, 0.15) is 11.3 Å². The van der Waals surface area contributed by atoms with Crippen molar-refractivity contribution in [1.82, 2.24) is 30.7 Å². The first kappa shape index (κ1) is 27.5. The van der Waals surface area contributed by atoms with Crippen LogP contribution in [0.4, 0.5) is 0 Å². The van der Waals surface area contributed by atoms with E-state index in [1.54, 1.807) is 4.68 Å². The van der Waals surface area contributed by atoms with Gasteiger partial charge in [-0.1, -0.05) is 55.7 Å². The van der Waals surface area contributed by atoms with Gasteiger partial charge >= 0.3 is 5.97 Å². The van der Waals surface area contributed by atoms with E-state index in [2.05, 4.69) is 53.1 Å². The van der Waals surface area contributed by atoms with Crippen molar-refractivity contribution in [3.8, 4) is 0 Å². The minimum atomic E-state index is -0.816. The largest absolute Gasteiger partial charge is 0.481 e. The summed E-state index contributed by atoms with van der Waals surface area (Å²) in [5.74, 6) is 1.19. The molecule has 1 fully saturated rings. The highest BCUT2D eigenvalue weighted by Crippen LogP contribution is 2.36. The van der Waals surface area contributed by atoms with Crippen molar-refractivity contribution in [3.05, 3.63) is 76.4 Å². The van der Waals surface area contributed by atoms with Gasteiger partial charge in [0.15, 0.2) is 0 Å². The Bertz CT molecular complexity index is 1420. The number of rotatable bonds is 8. The molecule has 2 heterocycles. The van der Waals surface area contributed by atoms with Crippen LogP contribution in [0.5, 0.6) is 0 Å². The van der Waals surface area contributed by atoms with Crippen LogP contribution in [0, 0.1) is 19.8 Å². The number of carboxylic acid groups (broad SMARTS) is 1. The van der Waals surface area contributed by atoms with Crippen LogP contribution in [0.25, 0.3) is 11.0 Å². The zero-order chi connectivity index (χ0) is 26.1. The quantitative estimate of drug-likeness (QED) is 0.284. The van der Waals surface area contributed by atoms with E-state index in [4.69, 9.17) is 4.98 Å². The smallest absolute Gasteiger partial charge is 0.304 e. The molecule has 0 saturated heterocycles. The Kier molecular flexibility index (Phi) is 8.31. The number of aryl methyl sites for hydroxylation is 3. The van der Waals surface area contributed by atoms with Crippen LogP contribution in [0.15, 0.2) is 42.7 Å². The molecule has 1 aliphatic rings. The number of hydrogen-bond acceptors (Lipinski definition) is 5. The molecule has 0 radical (unpaired) electrons. The Morgan fingerprint density at radius 3 is 2.63 bits per heavy atom. The molecular weight excluding hydrogens is 476 g/mol. The second-order valence-corrected chi connectivity index (χ2v) is 10.8. The number of carboxylic acids is 1. The molecule has 0 aliphatic heterocycles. The van der Waals surface area contributed by atoms with Gasteiger partial charge in [-0.15, -0.1) is 5.10 Å². The molecule has 1 aliphatic carbocycles. The average Bonchev–Trinajstić information content (AvgIpc) is 3.51. The van der Waals surface area contributed by atoms with Gasteiger partial charge in [-0.05, 0) is 66.5 Å². The van der Waals surface area contributed by atoms with Gasteiger partial charge < -0.3 is 15.8 Å². The summed E-state index contributed by atoms with van der Waals surface area (Å²) in [6, 6.07) is 10.4. The van der Waals surface area contributed by atoms with Gasteiger partial charge in [-0.3, -0.25) is 4.79 Å². The third-order valence-corrected chi connectivity index (χ3v) is 8.46. The van der Waals surface area contributed by atoms with E-state index in [9.17, 15) is 9.90 Å². The molecule has 4 aromatic rings. The van der Waals surface area contributed by atoms with Crippen LogP contribution < -0.4 is 6.15 Å². The number of aromatic nitrogens is 5. The molecule has 5 rings (SSSR count). The lowest BCUT2D eigenvalue weighted by molar-refractivity contribution is -0.137. The zero-order valence-electron chi connectivity index (χ0n) is 23.0. The van der Waals surface area contributed by atoms with E-state index >= 15 is 0 Å². The van der Waals surface area contributed by atoms with Crippen molar-refractivity contribution >= 4 is 17.0 Å². The Balaban J connectivity index is 0.00000336. The molecule has 1 saturated carbocycles. The first-order valence-electron chi connectivity index (χ1n) is 13.4. The summed E-state index contributed by atoms with van der Waals surface area (Å²) in [4.78, 5) is 16.7. The topological polar surface area (TPSA) is 121 Å². The van der Waals surface area contributed by atoms with Gasteiger partial charge in [-0.25, -0.2) is 9.67 Å². The first-order valence-corrected chi connectivity index (χ1v) is 13.4. The van der Waals surface area contributed by atoms with Gasteiger partial charge in [0.25, 0.3) is 0 Å². The Morgan fingerprint density at radius 1 is 1.13 bits per heavy atom. The molecule has 2 atom stereocenters. The molecule has 2 aromatic heterocycles. The predicted molar refractivity (Wildman–Crippen MR) is 150 cm³/mol. The van der Waals surface area contributed by atoms with Crippen LogP contribution >= 0.6 is 0 Å². The monoisotopic (exact) mass is 516 g/mol. The van der Waals surface area contributed by atoms with Gasteiger partial charge in [0.05, 0.1) is 11.9 Å². The van der Waals surface area contributed by atoms with Crippen LogP contribution in [0.2, 0.25) is 0 Å². The van der Waals surface area contributed by atoms with E-state index in [0.717, 1.165) is 40.1 Å². The molecule has 4 N–H and O–H groups in total. The first-order chi connectivity index (χ1) is 17.8. The van der Waals surface area contributed by atoms with Gasteiger partial charge in [0.2, 0.25) is 0 Å². The maximum absolute atomic E-state index is 12.0. The highest BCUT2D eigenvalue weighted by Gasteiger charge is 2.26. The molecule has 0 spiro atoms.